The second-order valence-electron chi connectivity index (χ2n) is 7.07. The van der Waals surface area contributed by atoms with Crippen LogP contribution in [0.1, 0.15) is 12.8 Å². The van der Waals surface area contributed by atoms with Crippen molar-refractivity contribution < 1.29 is 4.74 Å². The lowest BCUT2D eigenvalue weighted by Crippen LogP contribution is -2.22. The Kier molecular flexibility index (Phi) is 8.21. The molecular formula is C22H22Cl4N2O. The van der Waals surface area contributed by atoms with Crippen LogP contribution in [-0.2, 0) is 0 Å². The summed E-state index contributed by atoms with van der Waals surface area (Å²) in [6.45, 7) is 1.29. The average Bonchev–Trinajstić information content (AvgIpc) is 3.48. The minimum Gasteiger partial charge on any atom is -0.491 e. The number of pyridine rings is 1. The second kappa shape index (κ2) is 10.0. The molecule has 0 atom stereocenters. The van der Waals surface area contributed by atoms with Gasteiger partial charge in [0.05, 0.1) is 18.5 Å². The summed E-state index contributed by atoms with van der Waals surface area (Å²) in [6.07, 6.45) is 4.03. The third-order valence-corrected chi connectivity index (χ3v) is 5.57. The Morgan fingerprint density at radius 2 is 1.45 bits per heavy atom. The van der Waals surface area contributed by atoms with Crippen molar-refractivity contribution in [2.45, 2.75) is 12.8 Å². The summed E-state index contributed by atoms with van der Waals surface area (Å²) in [7, 11) is 0. The molecule has 0 amide bonds. The first-order valence-corrected chi connectivity index (χ1v) is 9.69. The lowest BCUT2D eigenvalue weighted by atomic mass is 9.99. The molecule has 0 saturated heterocycles. The van der Waals surface area contributed by atoms with Gasteiger partial charge in [0.1, 0.15) is 5.75 Å². The summed E-state index contributed by atoms with van der Waals surface area (Å²) in [5.74, 6) is 0.748. The molecule has 29 heavy (non-hydrogen) atoms. The molecule has 0 spiro atoms. The van der Waals surface area contributed by atoms with Gasteiger partial charge in [-0.1, -0.05) is 47.5 Å². The van der Waals surface area contributed by atoms with Crippen molar-refractivity contribution in [2.75, 3.05) is 13.2 Å². The molecule has 0 radical (unpaired) electrons. The van der Waals surface area contributed by atoms with Gasteiger partial charge < -0.3 is 10.5 Å². The van der Waals surface area contributed by atoms with Gasteiger partial charge in [0.2, 0.25) is 0 Å². The third kappa shape index (κ3) is 5.56. The van der Waals surface area contributed by atoms with Crippen molar-refractivity contribution in [3.8, 4) is 28.1 Å². The molecule has 1 saturated carbocycles. The third-order valence-electron chi connectivity index (χ3n) is 5.07. The highest BCUT2D eigenvalue weighted by atomic mass is 35.5. The first kappa shape index (κ1) is 23.8. The zero-order valence-corrected chi connectivity index (χ0v) is 18.8. The van der Waals surface area contributed by atoms with Gasteiger partial charge in [-0.3, -0.25) is 4.98 Å². The Balaban J connectivity index is 0.00000150. The van der Waals surface area contributed by atoms with Crippen molar-refractivity contribution in [1.29, 1.82) is 0 Å². The summed E-state index contributed by atoms with van der Waals surface area (Å²) in [6, 6.07) is 17.5. The normalized spacial score (nSPS) is 13.8. The number of rotatable bonds is 6. The average molecular weight is 472 g/mol. The van der Waals surface area contributed by atoms with Crippen molar-refractivity contribution in [3.63, 3.8) is 0 Å². The lowest BCUT2D eigenvalue weighted by Gasteiger charge is -2.16. The molecule has 7 heteroatoms. The summed E-state index contributed by atoms with van der Waals surface area (Å²) >= 11 is 12.1. The predicted octanol–water partition coefficient (Wildman–Crippen LogP) is 6.68. The van der Waals surface area contributed by atoms with E-state index >= 15 is 0 Å². The molecule has 2 N–H and O–H groups in total. The van der Waals surface area contributed by atoms with Crippen LogP contribution in [0.25, 0.3) is 22.4 Å². The van der Waals surface area contributed by atoms with E-state index in [1.807, 2.05) is 54.6 Å². The molecule has 0 unspecified atom stereocenters. The van der Waals surface area contributed by atoms with E-state index in [-0.39, 0.29) is 30.2 Å². The Morgan fingerprint density at radius 1 is 0.897 bits per heavy atom. The number of hydrogen-bond donors (Lipinski definition) is 1. The first-order valence-electron chi connectivity index (χ1n) is 8.93. The maximum absolute atomic E-state index is 6.06. The van der Waals surface area contributed by atoms with Gasteiger partial charge in [0.15, 0.2) is 0 Å². The highest BCUT2D eigenvalue weighted by Crippen LogP contribution is 2.45. The highest BCUT2D eigenvalue weighted by Gasteiger charge is 2.42. The fourth-order valence-electron chi connectivity index (χ4n) is 3.03. The summed E-state index contributed by atoms with van der Waals surface area (Å²) in [5, 5.41) is 1.40. The number of hydrogen-bond acceptors (Lipinski definition) is 3. The number of halogens is 4. The van der Waals surface area contributed by atoms with Gasteiger partial charge in [0.25, 0.3) is 0 Å². The maximum atomic E-state index is 6.06. The molecule has 1 aromatic heterocycles. The molecule has 0 aliphatic heterocycles. The fourth-order valence-corrected chi connectivity index (χ4v) is 3.28. The minimum absolute atomic E-state index is 0. The molecule has 2 aromatic carbocycles. The van der Waals surface area contributed by atoms with Crippen molar-refractivity contribution in [3.05, 3.63) is 70.8 Å². The van der Waals surface area contributed by atoms with E-state index in [0.717, 1.165) is 41.0 Å². The summed E-state index contributed by atoms with van der Waals surface area (Å²) in [4.78, 5) is 4.69. The Labute approximate surface area is 193 Å². The molecule has 1 fully saturated rings. The molecule has 0 bridgehead atoms. The standard InChI is InChI=1S/C22H20Cl2N2O.2ClH/c23-17-5-1-15(2-6-17)20-11-19(27-14-22(13-25)9-10-22)12-26-21(20)16-3-7-18(24)8-4-16;;/h1-8,11-12H,9-10,13-14,25H2;2*1H. The van der Waals surface area contributed by atoms with Gasteiger partial charge in [-0.15, -0.1) is 24.8 Å². The van der Waals surface area contributed by atoms with Crippen LogP contribution < -0.4 is 10.5 Å². The van der Waals surface area contributed by atoms with E-state index in [0.29, 0.717) is 23.2 Å². The predicted molar refractivity (Wildman–Crippen MR) is 126 cm³/mol. The van der Waals surface area contributed by atoms with Gasteiger partial charge in [-0.05, 0) is 48.7 Å². The van der Waals surface area contributed by atoms with Crippen LogP contribution in [0.4, 0.5) is 0 Å². The van der Waals surface area contributed by atoms with Crippen LogP contribution in [-0.4, -0.2) is 18.1 Å². The number of ether oxygens (including phenoxy) is 1. The van der Waals surface area contributed by atoms with Crippen LogP contribution in [0.3, 0.4) is 0 Å². The summed E-state index contributed by atoms with van der Waals surface area (Å²) < 4.78 is 6.03. The molecule has 4 rings (SSSR count). The van der Waals surface area contributed by atoms with Crippen LogP contribution in [0.5, 0.6) is 5.75 Å². The van der Waals surface area contributed by atoms with Crippen LogP contribution in [0, 0.1) is 5.41 Å². The van der Waals surface area contributed by atoms with Crippen molar-refractivity contribution in [1.82, 2.24) is 4.98 Å². The van der Waals surface area contributed by atoms with E-state index in [2.05, 4.69) is 0 Å². The van der Waals surface area contributed by atoms with E-state index < -0.39 is 0 Å². The monoisotopic (exact) mass is 470 g/mol. The fraction of sp³-hybridized carbons (Fsp3) is 0.227. The number of nitrogens with zero attached hydrogens (tertiary/aromatic N) is 1. The highest BCUT2D eigenvalue weighted by molar-refractivity contribution is 6.31. The minimum atomic E-state index is 0. The van der Waals surface area contributed by atoms with Crippen LogP contribution in [0.2, 0.25) is 10.0 Å². The van der Waals surface area contributed by atoms with Crippen LogP contribution >= 0.6 is 48.0 Å². The second-order valence-corrected chi connectivity index (χ2v) is 7.95. The number of benzene rings is 2. The quantitative estimate of drug-likeness (QED) is 0.435. The van der Waals surface area contributed by atoms with Crippen molar-refractivity contribution >= 4 is 48.0 Å². The largest absolute Gasteiger partial charge is 0.491 e. The molecule has 3 aromatic rings. The molecule has 3 nitrogen and oxygen atoms in total. The lowest BCUT2D eigenvalue weighted by molar-refractivity contribution is 0.238. The number of nitrogens with two attached hydrogens (primary N) is 1. The first-order chi connectivity index (χ1) is 13.1. The maximum Gasteiger partial charge on any atom is 0.138 e. The molecular weight excluding hydrogens is 450 g/mol. The van der Waals surface area contributed by atoms with E-state index in [9.17, 15) is 0 Å². The van der Waals surface area contributed by atoms with Crippen LogP contribution in [0.15, 0.2) is 60.8 Å². The zero-order valence-electron chi connectivity index (χ0n) is 15.6. The zero-order chi connectivity index (χ0) is 18.9. The molecule has 1 heterocycles. The summed E-state index contributed by atoms with van der Waals surface area (Å²) in [5.41, 5.74) is 9.90. The SMILES string of the molecule is Cl.Cl.NCC1(COc2cnc(-c3ccc(Cl)cc3)c(-c3ccc(Cl)cc3)c2)CC1. The topological polar surface area (TPSA) is 48.1 Å². The van der Waals surface area contributed by atoms with Gasteiger partial charge in [0, 0.05) is 33.1 Å². The smallest absolute Gasteiger partial charge is 0.138 e. The number of aromatic nitrogens is 1. The van der Waals surface area contributed by atoms with E-state index in [4.69, 9.17) is 38.7 Å². The van der Waals surface area contributed by atoms with Gasteiger partial charge in [-0.2, -0.15) is 0 Å². The van der Waals surface area contributed by atoms with E-state index in [1.54, 1.807) is 6.20 Å². The van der Waals surface area contributed by atoms with Crippen molar-refractivity contribution in [2.24, 2.45) is 11.1 Å². The Morgan fingerprint density at radius 3 is 1.97 bits per heavy atom. The Hall–Kier alpha value is -1.49. The molecule has 1 aliphatic rings. The van der Waals surface area contributed by atoms with Gasteiger partial charge >= 0.3 is 0 Å². The van der Waals surface area contributed by atoms with Gasteiger partial charge in [-0.25, -0.2) is 0 Å². The van der Waals surface area contributed by atoms with E-state index in [1.165, 1.54) is 0 Å². The molecule has 1 aliphatic carbocycles. The molecule has 154 valence electrons. The Bertz CT molecular complexity index is 942.